The van der Waals surface area contributed by atoms with Crippen LogP contribution in [-0.2, 0) is 0 Å². The number of aliphatic imine (C=N–C) groups is 1. The Balaban J connectivity index is 2.07. The second-order valence-corrected chi connectivity index (χ2v) is 4.12. The predicted octanol–water partition coefficient (Wildman–Crippen LogP) is 1.91. The first-order valence-electron chi connectivity index (χ1n) is 5.14. The molecular formula is C10H18N2. The first kappa shape index (κ1) is 8.09. The highest BCUT2D eigenvalue weighted by Crippen LogP contribution is 2.17. The Hall–Kier alpha value is -0.530. The van der Waals surface area contributed by atoms with E-state index in [0.717, 1.165) is 12.5 Å². The third-order valence-electron chi connectivity index (χ3n) is 2.81. The highest BCUT2D eigenvalue weighted by atomic mass is 15.2. The van der Waals surface area contributed by atoms with E-state index in [-0.39, 0.29) is 0 Å². The first-order chi connectivity index (χ1) is 5.86. The Labute approximate surface area is 74.7 Å². The van der Waals surface area contributed by atoms with Crippen molar-refractivity contribution >= 4 is 5.84 Å². The van der Waals surface area contributed by atoms with Gasteiger partial charge in [0.25, 0.3) is 0 Å². The predicted molar refractivity (Wildman–Crippen MR) is 51.5 cm³/mol. The number of nitrogens with zero attached hydrogens (tertiary/aromatic N) is 2. The van der Waals surface area contributed by atoms with Crippen molar-refractivity contribution in [3.8, 4) is 0 Å². The minimum absolute atomic E-state index is 0.770. The molecule has 0 aromatic heterocycles. The summed E-state index contributed by atoms with van der Waals surface area (Å²) in [6, 6.07) is 0. The first-order valence-corrected chi connectivity index (χ1v) is 5.14. The second-order valence-electron chi connectivity index (χ2n) is 4.12. The summed E-state index contributed by atoms with van der Waals surface area (Å²) < 4.78 is 0. The molecule has 2 aliphatic heterocycles. The summed E-state index contributed by atoms with van der Waals surface area (Å²) in [5.41, 5.74) is 0. The van der Waals surface area contributed by atoms with Gasteiger partial charge in [0.05, 0.1) is 5.84 Å². The van der Waals surface area contributed by atoms with Crippen LogP contribution in [0.3, 0.4) is 0 Å². The molecule has 1 unspecified atom stereocenters. The summed E-state index contributed by atoms with van der Waals surface area (Å²) in [6.07, 6.45) is 5.34. The Morgan fingerprint density at radius 2 is 2.25 bits per heavy atom. The third kappa shape index (κ3) is 1.62. The normalized spacial score (nSPS) is 30.6. The topological polar surface area (TPSA) is 15.6 Å². The van der Waals surface area contributed by atoms with Gasteiger partial charge >= 0.3 is 0 Å². The standard InChI is InChI=1S/C10H18N2/c1-9-7-11-10-5-3-2-4-6-12(10)8-9/h9H,2-8H2,1H3. The average molecular weight is 166 g/mol. The maximum absolute atomic E-state index is 4.64. The van der Waals surface area contributed by atoms with E-state index in [2.05, 4.69) is 16.8 Å². The van der Waals surface area contributed by atoms with Crippen molar-refractivity contribution in [2.24, 2.45) is 10.9 Å². The van der Waals surface area contributed by atoms with Gasteiger partial charge in [0.15, 0.2) is 0 Å². The lowest BCUT2D eigenvalue weighted by Crippen LogP contribution is -2.39. The van der Waals surface area contributed by atoms with Crippen LogP contribution in [0.5, 0.6) is 0 Å². The molecule has 0 N–H and O–H groups in total. The van der Waals surface area contributed by atoms with Crippen molar-refractivity contribution < 1.29 is 0 Å². The van der Waals surface area contributed by atoms with Gasteiger partial charge in [-0.3, -0.25) is 4.99 Å². The molecule has 2 aliphatic rings. The molecule has 2 rings (SSSR count). The molecule has 0 bridgehead atoms. The van der Waals surface area contributed by atoms with Gasteiger partial charge in [-0.1, -0.05) is 13.3 Å². The SMILES string of the molecule is CC1CN=C2CCCCCN2C1. The molecule has 0 aromatic rings. The van der Waals surface area contributed by atoms with E-state index < -0.39 is 0 Å². The molecule has 1 fully saturated rings. The van der Waals surface area contributed by atoms with Crippen LogP contribution in [0.25, 0.3) is 0 Å². The van der Waals surface area contributed by atoms with Crippen LogP contribution < -0.4 is 0 Å². The molecule has 2 heteroatoms. The highest BCUT2D eigenvalue weighted by molar-refractivity contribution is 5.83. The quantitative estimate of drug-likeness (QED) is 0.536. The van der Waals surface area contributed by atoms with E-state index in [1.807, 2.05) is 0 Å². The number of hydrogen-bond donors (Lipinski definition) is 0. The van der Waals surface area contributed by atoms with Crippen molar-refractivity contribution in [3.05, 3.63) is 0 Å². The van der Waals surface area contributed by atoms with Crippen LogP contribution in [0, 0.1) is 5.92 Å². The molecule has 12 heavy (non-hydrogen) atoms. The van der Waals surface area contributed by atoms with Gasteiger partial charge in [-0.25, -0.2) is 0 Å². The third-order valence-corrected chi connectivity index (χ3v) is 2.81. The Bertz CT molecular complexity index is 186. The molecule has 2 heterocycles. The summed E-state index contributed by atoms with van der Waals surface area (Å²) in [4.78, 5) is 7.14. The van der Waals surface area contributed by atoms with Gasteiger partial charge in [-0.05, 0) is 18.8 Å². The van der Waals surface area contributed by atoms with Crippen LogP contribution in [0.15, 0.2) is 4.99 Å². The molecule has 68 valence electrons. The highest BCUT2D eigenvalue weighted by Gasteiger charge is 2.20. The van der Waals surface area contributed by atoms with E-state index >= 15 is 0 Å². The van der Waals surface area contributed by atoms with Gasteiger partial charge in [-0.2, -0.15) is 0 Å². The lowest BCUT2D eigenvalue weighted by molar-refractivity contribution is 0.332. The molecule has 0 aromatic carbocycles. The average Bonchev–Trinajstić information content (AvgIpc) is 2.28. The molecule has 1 atom stereocenters. The number of amidine groups is 1. The number of rotatable bonds is 0. The molecule has 0 spiro atoms. The largest absolute Gasteiger partial charge is 0.360 e. The van der Waals surface area contributed by atoms with Gasteiger partial charge in [0.2, 0.25) is 0 Å². The van der Waals surface area contributed by atoms with Crippen LogP contribution in [-0.4, -0.2) is 30.4 Å². The monoisotopic (exact) mass is 166 g/mol. The minimum Gasteiger partial charge on any atom is -0.360 e. The fourth-order valence-corrected chi connectivity index (χ4v) is 2.12. The summed E-state index contributed by atoms with van der Waals surface area (Å²) in [6.45, 7) is 5.86. The minimum atomic E-state index is 0.770. The van der Waals surface area contributed by atoms with E-state index in [1.54, 1.807) is 0 Å². The zero-order valence-electron chi connectivity index (χ0n) is 7.92. The van der Waals surface area contributed by atoms with Gasteiger partial charge in [0.1, 0.15) is 0 Å². The maximum Gasteiger partial charge on any atom is 0.0989 e. The molecule has 0 saturated carbocycles. The lowest BCUT2D eigenvalue weighted by Gasteiger charge is -2.31. The summed E-state index contributed by atoms with van der Waals surface area (Å²) in [7, 11) is 0. The van der Waals surface area contributed by atoms with E-state index in [4.69, 9.17) is 0 Å². The Morgan fingerprint density at radius 3 is 3.17 bits per heavy atom. The van der Waals surface area contributed by atoms with Crippen LogP contribution >= 0.6 is 0 Å². The second kappa shape index (κ2) is 3.46. The van der Waals surface area contributed by atoms with Crippen LogP contribution in [0.2, 0.25) is 0 Å². The van der Waals surface area contributed by atoms with Gasteiger partial charge < -0.3 is 4.90 Å². The molecular weight excluding hydrogens is 148 g/mol. The number of fused-ring (bicyclic) bond motifs is 1. The summed E-state index contributed by atoms with van der Waals surface area (Å²) in [5, 5.41) is 0. The van der Waals surface area contributed by atoms with Gasteiger partial charge in [-0.15, -0.1) is 0 Å². The van der Waals surface area contributed by atoms with Crippen molar-refractivity contribution in [1.29, 1.82) is 0 Å². The molecule has 0 amide bonds. The van der Waals surface area contributed by atoms with E-state index in [0.29, 0.717) is 0 Å². The number of hydrogen-bond acceptors (Lipinski definition) is 2. The summed E-state index contributed by atoms with van der Waals surface area (Å²) >= 11 is 0. The van der Waals surface area contributed by atoms with E-state index in [1.165, 1.54) is 44.6 Å². The van der Waals surface area contributed by atoms with Crippen molar-refractivity contribution in [3.63, 3.8) is 0 Å². The Kier molecular flexibility index (Phi) is 2.33. The zero-order valence-corrected chi connectivity index (χ0v) is 7.92. The Morgan fingerprint density at radius 1 is 1.33 bits per heavy atom. The molecule has 0 aliphatic carbocycles. The maximum atomic E-state index is 4.64. The fraction of sp³-hybridized carbons (Fsp3) is 0.900. The molecule has 1 saturated heterocycles. The van der Waals surface area contributed by atoms with Crippen LogP contribution in [0.1, 0.15) is 32.6 Å². The van der Waals surface area contributed by atoms with Crippen LogP contribution in [0.4, 0.5) is 0 Å². The smallest absolute Gasteiger partial charge is 0.0989 e. The molecule has 0 radical (unpaired) electrons. The zero-order chi connectivity index (χ0) is 8.39. The van der Waals surface area contributed by atoms with Crippen molar-refractivity contribution in [2.75, 3.05) is 19.6 Å². The van der Waals surface area contributed by atoms with Crippen molar-refractivity contribution in [2.45, 2.75) is 32.6 Å². The molecule has 2 nitrogen and oxygen atoms in total. The fourth-order valence-electron chi connectivity index (χ4n) is 2.12. The van der Waals surface area contributed by atoms with Crippen molar-refractivity contribution in [1.82, 2.24) is 4.90 Å². The van der Waals surface area contributed by atoms with Gasteiger partial charge in [0, 0.05) is 26.1 Å². The summed E-state index contributed by atoms with van der Waals surface area (Å²) in [5.74, 6) is 2.16. The van der Waals surface area contributed by atoms with E-state index in [9.17, 15) is 0 Å². The lowest BCUT2D eigenvalue weighted by atomic mass is 10.1.